The molecule has 0 N–H and O–H groups in total. The van der Waals surface area contributed by atoms with Gasteiger partial charge in [-0.3, -0.25) is 0 Å². The van der Waals surface area contributed by atoms with Gasteiger partial charge < -0.3 is 14.3 Å². The molecule has 0 aliphatic carbocycles. The molecular formula is C13H8ClNaO3. The first-order valence-corrected chi connectivity index (χ1v) is 5.28. The number of halogens is 1. The molecule has 3 nitrogen and oxygen atoms in total. The Labute approximate surface area is 131 Å². The van der Waals surface area contributed by atoms with Crippen LogP contribution in [0.2, 0.25) is 5.02 Å². The molecule has 1 aromatic heterocycles. The van der Waals surface area contributed by atoms with Crippen molar-refractivity contribution in [1.29, 1.82) is 0 Å². The monoisotopic (exact) mass is 270 g/mol. The molecule has 86 valence electrons. The Morgan fingerprint density at radius 1 is 1.17 bits per heavy atom. The molecule has 0 spiro atoms. The predicted molar refractivity (Wildman–Crippen MR) is 63.2 cm³/mol. The summed E-state index contributed by atoms with van der Waals surface area (Å²) in [7, 11) is 0. The molecule has 0 atom stereocenters. The molecule has 0 amide bonds. The summed E-state index contributed by atoms with van der Waals surface area (Å²) in [4.78, 5) is 10.2. The van der Waals surface area contributed by atoms with Crippen LogP contribution in [0.15, 0.2) is 46.9 Å². The van der Waals surface area contributed by atoms with Crippen molar-refractivity contribution in [1.82, 2.24) is 0 Å². The van der Waals surface area contributed by atoms with E-state index in [1.54, 1.807) is 24.3 Å². The van der Waals surface area contributed by atoms with Crippen LogP contribution in [-0.4, -0.2) is 5.97 Å². The fourth-order valence-corrected chi connectivity index (χ4v) is 1.49. The minimum absolute atomic E-state index is 0. The average Bonchev–Trinajstić information content (AvgIpc) is 2.76. The number of carbonyl (C=O) groups is 1. The first-order valence-electron chi connectivity index (χ1n) is 4.90. The average molecular weight is 271 g/mol. The molecule has 2 aromatic rings. The second-order valence-corrected chi connectivity index (χ2v) is 3.80. The van der Waals surface area contributed by atoms with E-state index in [1.165, 1.54) is 6.08 Å². The second-order valence-electron chi connectivity index (χ2n) is 3.36. The number of rotatable bonds is 3. The molecule has 0 aliphatic rings. The van der Waals surface area contributed by atoms with Gasteiger partial charge in [-0.1, -0.05) is 11.6 Å². The minimum atomic E-state index is -1.26. The fraction of sp³-hybridized carbons (Fsp3) is 0. The SMILES string of the molecule is O=C([O-])C=Cc1ccc(-c2ccc(Cl)cc2)o1.[Na+]. The summed E-state index contributed by atoms with van der Waals surface area (Å²) >= 11 is 5.77. The van der Waals surface area contributed by atoms with Gasteiger partial charge >= 0.3 is 29.6 Å². The predicted octanol–water partition coefficient (Wildman–Crippen LogP) is -0.633. The van der Waals surface area contributed by atoms with Crippen molar-refractivity contribution in [3.63, 3.8) is 0 Å². The molecule has 5 heteroatoms. The van der Waals surface area contributed by atoms with Gasteiger partial charge in [0, 0.05) is 10.6 Å². The summed E-state index contributed by atoms with van der Waals surface area (Å²) in [6, 6.07) is 10.6. The third-order valence-corrected chi connectivity index (χ3v) is 2.39. The molecule has 0 saturated carbocycles. The van der Waals surface area contributed by atoms with E-state index in [9.17, 15) is 9.90 Å². The Hall–Kier alpha value is -1.000. The number of furan rings is 1. The normalized spacial score (nSPS) is 10.3. The van der Waals surface area contributed by atoms with Crippen molar-refractivity contribution in [2.24, 2.45) is 0 Å². The van der Waals surface area contributed by atoms with E-state index in [0.717, 1.165) is 11.6 Å². The van der Waals surface area contributed by atoms with Gasteiger partial charge in [-0.2, -0.15) is 0 Å². The van der Waals surface area contributed by atoms with Gasteiger partial charge in [-0.15, -0.1) is 0 Å². The molecule has 0 unspecified atom stereocenters. The quantitative estimate of drug-likeness (QED) is 0.551. The van der Waals surface area contributed by atoms with Crippen LogP contribution in [-0.2, 0) is 4.79 Å². The Morgan fingerprint density at radius 3 is 2.44 bits per heavy atom. The van der Waals surface area contributed by atoms with Crippen LogP contribution in [0.3, 0.4) is 0 Å². The number of carboxylic acids is 1. The van der Waals surface area contributed by atoms with Crippen molar-refractivity contribution in [2.75, 3.05) is 0 Å². The van der Waals surface area contributed by atoms with E-state index in [1.807, 2.05) is 12.1 Å². The van der Waals surface area contributed by atoms with E-state index in [0.29, 0.717) is 16.5 Å². The van der Waals surface area contributed by atoms with E-state index in [2.05, 4.69) is 0 Å². The molecule has 0 fully saturated rings. The topological polar surface area (TPSA) is 53.3 Å². The van der Waals surface area contributed by atoms with Gasteiger partial charge in [0.25, 0.3) is 0 Å². The van der Waals surface area contributed by atoms with E-state index < -0.39 is 5.97 Å². The van der Waals surface area contributed by atoms with Gasteiger partial charge in [0.1, 0.15) is 11.5 Å². The van der Waals surface area contributed by atoms with Gasteiger partial charge in [0.15, 0.2) is 0 Å². The van der Waals surface area contributed by atoms with E-state index in [4.69, 9.17) is 16.0 Å². The van der Waals surface area contributed by atoms with Crippen LogP contribution < -0.4 is 34.7 Å². The summed E-state index contributed by atoms with van der Waals surface area (Å²) in [6.45, 7) is 0. The van der Waals surface area contributed by atoms with E-state index in [-0.39, 0.29) is 29.6 Å². The molecule has 0 radical (unpaired) electrons. The molecule has 18 heavy (non-hydrogen) atoms. The van der Waals surface area contributed by atoms with Gasteiger partial charge in [-0.25, -0.2) is 0 Å². The molecule has 2 rings (SSSR count). The van der Waals surface area contributed by atoms with Crippen LogP contribution in [0.4, 0.5) is 0 Å². The number of hydrogen-bond acceptors (Lipinski definition) is 3. The Morgan fingerprint density at radius 2 is 1.83 bits per heavy atom. The Balaban J connectivity index is 0.00000162. The zero-order valence-electron chi connectivity index (χ0n) is 9.72. The van der Waals surface area contributed by atoms with Crippen molar-refractivity contribution >= 4 is 23.6 Å². The van der Waals surface area contributed by atoms with E-state index >= 15 is 0 Å². The van der Waals surface area contributed by atoms with Crippen LogP contribution >= 0.6 is 11.6 Å². The summed E-state index contributed by atoms with van der Waals surface area (Å²) in [5, 5.41) is 10.9. The fourth-order valence-electron chi connectivity index (χ4n) is 1.36. The zero-order valence-corrected chi connectivity index (χ0v) is 12.5. The van der Waals surface area contributed by atoms with Gasteiger partial charge in [0.05, 0.1) is 5.97 Å². The van der Waals surface area contributed by atoms with Crippen molar-refractivity contribution in [3.05, 3.63) is 53.3 Å². The Bertz CT molecular complexity index is 558. The number of hydrogen-bond donors (Lipinski definition) is 0. The van der Waals surface area contributed by atoms with Gasteiger partial charge in [-0.05, 0) is 48.6 Å². The van der Waals surface area contributed by atoms with Crippen molar-refractivity contribution in [3.8, 4) is 11.3 Å². The van der Waals surface area contributed by atoms with Crippen molar-refractivity contribution in [2.45, 2.75) is 0 Å². The maximum Gasteiger partial charge on any atom is 1.00 e. The summed E-state index contributed by atoms with van der Waals surface area (Å²) < 4.78 is 5.44. The number of carbonyl (C=O) groups excluding carboxylic acids is 1. The van der Waals surface area contributed by atoms with Crippen LogP contribution in [0.5, 0.6) is 0 Å². The maximum atomic E-state index is 10.2. The molecule has 0 saturated heterocycles. The standard InChI is InChI=1S/C13H9ClO3.Na/c14-10-3-1-9(2-4-10)12-7-5-11(17-12)6-8-13(15)16;/h1-8H,(H,15,16);/q;+1/p-1. The molecule has 1 heterocycles. The minimum Gasteiger partial charge on any atom is -0.545 e. The molecule has 1 aromatic carbocycles. The number of carboxylic acid groups (broad SMARTS) is 1. The van der Waals surface area contributed by atoms with Crippen LogP contribution in [0.1, 0.15) is 5.76 Å². The van der Waals surface area contributed by atoms with Crippen LogP contribution in [0, 0.1) is 0 Å². The molecule has 0 aliphatic heterocycles. The smallest absolute Gasteiger partial charge is 0.545 e. The second kappa shape index (κ2) is 6.81. The zero-order chi connectivity index (χ0) is 12.3. The first kappa shape index (κ1) is 15.1. The van der Waals surface area contributed by atoms with Crippen LogP contribution in [0.25, 0.3) is 17.4 Å². The summed E-state index contributed by atoms with van der Waals surface area (Å²) in [6.07, 6.45) is 2.26. The van der Waals surface area contributed by atoms with Crippen molar-refractivity contribution < 1.29 is 43.9 Å². The summed E-state index contributed by atoms with van der Waals surface area (Å²) in [5.41, 5.74) is 0.877. The maximum absolute atomic E-state index is 10.2. The number of benzene rings is 1. The summed E-state index contributed by atoms with van der Waals surface area (Å²) in [5.74, 6) is -0.145. The third-order valence-electron chi connectivity index (χ3n) is 2.14. The Kier molecular flexibility index (Phi) is 5.69. The number of aliphatic carboxylic acids is 1. The third kappa shape index (κ3) is 4.03. The molecule has 0 bridgehead atoms. The van der Waals surface area contributed by atoms with Gasteiger partial charge in [0.2, 0.25) is 0 Å². The molecular weight excluding hydrogens is 263 g/mol. The first-order chi connectivity index (χ1) is 8.15. The largest absolute Gasteiger partial charge is 1.00 e.